The Morgan fingerprint density at radius 3 is 2.67 bits per heavy atom. The highest BCUT2D eigenvalue weighted by molar-refractivity contribution is 7.89. The second-order valence-electron chi connectivity index (χ2n) is 2.69. The van der Waals surface area contributed by atoms with E-state index in [2.05, 4.69) is 11.3 Å². The third-order valence-corrected chi connectivity index (χ3v) is 4.02. The summed E-state index contributed by atoms with van der Waals surface area (Å²) in [6.45, 7) is 3.56. The number of hydrogen-bond donors (Lipinski definition) is 1. The molecule has 0 saturated heterocycles. The molecule has 0 aliphatic rings. The molecule has 0 aliphatic carbocycles. The van der Waals surface area contributed by atoms with Gasteiger partial charge in [0.15, 0.2) is 0 Å². The molecule has 1 rings (SSSR count). The maximum absolute atomic E-state index is 11.7. The molecule has 0 atom stereocenters. The van der Waals surface area contributed by atoms with E-state index in [0.29, 0.717) is 0 Å². The second-order valence-corrected chi connectivity index (χ2v) is 5.21. The lowest BCUT2D eigenvalue weighted by Gasteiger charge is -2.07. The molecular formula is C9H9Cl2NO2S. The summed E-state index contributed by atoms with van der Waals surface area (Å²) in [6, 6.07) is 4.44. The Morgan fingerprint density at radius 2 is 2.07 bits per heavy atom. The highest BCUT2D eigenvalue weighted by Crippen LogP contribution is 2.28. The summed E-state index contributed by atoms with van der Waals surface area (Å²) < 4.78 is 25.6. The summed E-state index contributed by atoms with van der Waals surface area (Å²) >= 11 is 11.5. The van der Waals surface area contributed by atoms with E-state index in [-0.39, 0.29) is 21.5 Å². The van der Waals surface area contributed by atoms with Gasteiger partial charge in [0.1, 0.15) is 4.90 Å². The summed E-state index contributed by atoms with van der Waals surface area (Å²) in [5, 5.41) is 0.230. The van der Waals surface area contributed by atoms with Crippen molar-refractivity contribution in [3.8, 4) is 0 Å². The fourth-order valence-electron chi connectivity index (χ4n) is 0.938. The largest absolute Gasteiger partial charge is 0.242 e. The smallest absolute Gasteiger partial charge is 0.207 e. The van der Waals surface area contributed by atoms with Crippen LogP contribution in [0.3, 0.4) is 0 Å². The minimum Gasteiger partial charge on any atom is -0.207 e. The Balaban J connectivity index is 3.16. The maximum Gasteiger partial charge on any atom is 0.242 e. The quantitative estimate of drug-likeness (QED) is 0.851. The Hall–Kier alpha value is -0.550. The number of hydrogen-bond acceptors (Lipinski definition) is 2. The molecule has 1 N–H and O–H groups in total. The molecule has 6 heteroatoms. The normalized spacial score (nSPS) is 11.3. The average molecular weight is 266 g/mol. The van der Waals surface area contributed by atoms with E-state index in [9.17, 15) is 8.42 Å². The van der Waals surface area contributed by atoms with Crippen molar-refractivity contribution in [2.24, 2.45) is 0 Å². The predicted molar refractivity (Wildman–Crippen MR) is 61.8 cm³/mol. The van der Waals surface area contributed by atoms with Gasteiger partial charge in [-0.2, -0.15) is 0 Å². The van der Waals surface area contributed by atoms with Crippen molar-refractivity contribution in [1.82, 2.24) is 4.72 Å². The van der Waals surface area contributed by atoms with E-state index >= 15 is 0 Å². The van der Waals surface area contributed by atoms with Gasteiger partial charge in [-0.25, -0.2) is 13.1 Å². The van der Waals surface area contributed by atoms with Crippen molar-refractivity contribution in [1.29, 1.82) is 0 Å². The Morgan fingerprint density at radius 1 is 1.40 bits per heavy atom. The van der Waals surface area contributed by atoms with Gasteiger partial charge in [0.25, 0.3) is 0 Å². The van der Waals surface area contributed by atoms with E-state index in [0.717, 1.165) is 0 Å². The lowest BCUT2D eigenvalue weighted by molar-refractivity contribution is 0.585. The van der Waals surface area contributed by atoms with E-state index in [4.69, 9.17) is 23.2 Å². The molecule has 0 fully saturated rings. The summed E-state index contributed by atoms with van der Waals surface area (Å²) in [6.07, 6.45) is 1.44. The topological polar surface area (TPSA) is 46.2 Å². The van der Waals surface area contributed by atoms with Crippen molar-refractivity contribution in [2.45, 2.75) is 4.90 Å². The minimum absolute atomic E-state index is 0.0238. The van der Waals surface area contributed by atoms with Crippen molar-refractivity contribution in [3.63, 3.8) is 0 Å². The average Bonchev–Trinajstić information content (AvgIpc) is 2.19. The molecule has 0 bridgehead atoms. The Kier molecular flexibility index (Phi) is 4.16. The number of sulfonamides is 1. The van der Waals surface area contributed by atoms with E-state index in [1.54, 1.807) is 0 Å². The Labute approximate surface area is 98.8 Å². The first kappa shape index (κ1) is 12.5. The van der Waals surface area contributed by atoms with Crippen molar-refractivity contribution >= 4 is 33.2 Å². The molecule has 15 heavy (non-hydrogen) atoms. The first-order valence-corrected chi connectivity index (χ1v) is 6.27. The first-order chi connectivity index (χ1) is 6.99. The van der Waals surface area contributed by atoms with Gasteiger partial charge in [0, 0.05) is 6.54 Å². The molecule has 0 saturated carbocycles. The molecule has 0 aromatic heterocycles. The van der Waals surface area contributed by atoms with Gasteiger partial charge < -0.3 is 0 Å². The number of halogens is 2. The van der Waals surface area contributed by atoms with Crippen LogP contribution in [0.25, 0.3) is 0 Å². The van der Waals surface area contributed by atoms with Gasteiger partial charge in [-0.15, -0.1) is 6.58 Å². The van der Waals surface area contributed by atoms with Crippen LogP contribution in [0.4, 0.5) is 0 Å². The molecular weight excluding hydrogens is 257 g/mol. The van der Waals surface area contributed by atoms with Gasteiger partial charge in [0.05, 0.1) is 10.0 Å². The lowest BCUT2D eigenvalue weighted by Crippen LogP contribution is -2.23. The first-order valence-electron chi connectivity index (χ1n) is 4.03. The molecule has 1 aromatic rings. The number of nitrogens with one attached hydrogen (secondary N) is 1. The fraction of sp³-hybridized carbons (Fsp3) is 0.111. The fourth-order valence-corrected chi connectivity index (χ4v) is 2.70. The third-order valence-electron chi connectivity index (χ3n) is 1.62. The maximum atomic E-state index is 11.7. The zero-order chi connectivity index (χ0) is 11.5. The molecule has 82 valence electrons. The Bertz CT molecular complexity index is 471. The summed E-state index contributed by atoms with van der Waals surface area (Å²) in [7, 11) is -3.61. The molecule has 0 amide bonds. The molecule has 3 nitrogen and oxygen atoms in total. The van der Waals surface area contributed by atoms with Crippen LogP contribution >= 0.6 is 23.2 Å². The van der Waals surface area contributed by atoms with Crippen molar-refractivity contribution in [3.05, 3.63) is 40.9 Å². The molecule has 0 unspecified atom stereocenters. The molecule has 0 heterocycles. The number of benzene rings is 1. The van der Waals surface area contributed by atoms with Gasteiger partial charge >= 0.3 is 0 Å². The van der Waals surface area contributed by atoms with Gasteiger partial charge in [-0.05, 0) is 12.1 Å². The van der Waals surface area contributed by atoms with Crippen LogP contribution in [0, 0.1) is 0 Å². The van der Waals surface area contributed by atoms with Crippen LogP contribution in [0.5, 0.6) is 0 Å². The van der Waals surface area contributed by atoms with Crippen molar-refractivity contribution < 1.29 is 8.42 Å². The van der Waals surface area contributed by atoms with E-state index in [1.807, 2.05) is 0 Å². The number of rotatable bonds is 4. The van der Waals surface area contributed by atoms with Crippen molar-refractivity contribution in [2.75, 3.05) is 6.54 Å². The zero-order valence-corrected chi connectivity index (χ0v) is 10.0. The standard InChI is InChI=1S/C9H9Cl2NO2S/c1-2-6-12-15(13,14)8-5-3-4-7(10)9(8)11/h2-5,12H,1,6H2. The SMILES string of the molecule is C=CCNS(=O)(=O)c1cccc(Cl)c1Cl. The van der Waals surface area contributed by atoms with Crippen LogP contribution in [0.1, 0.15) is 0 Å². The van der Waals surface area contributed by atoms with Gasteiger partial charge in [0.2, 0.25) is 10.0 Å². The zero-order valence-electron chi connectivity index (χ0n) is 7.70. The summed E-state index contributed by atoms with van der Waals surface area (Å²) in [5.41, 5.74) is 0. The van der Waals surface area contributed by atoms with E-state index < -0.39 is 10.0 Å². The van der Waals surface area contributed by atoms with Crippen LogP contribution in [0.15, 0.2) is 35.7 Å². The lowest BCUT2D eigenvalue weighted by atomic mass is 10.4. The monoisotopic (exact) mass is 265 g/mol. The van der Waals surface area contributed by atoms with Gasteiger partial charge in [-0.3, -0.25) is 0 Å². The van der Waals surface area contributed by atoms with Crippen LogP contribution in [-0.2, 0) is 10.0 Å². The van der Waals surface area contributed by atoms with Crippen LogP contribution in [-0.4, -0.2) is 15.0 Å². The summed E-state index contributed by atoms with van der Waals surface area (Å²) in [5.74, 6) is 0. The van der Waals surface area contributed by atoms with Gasteiger partial charge in [-0.1, -0.05) is 35.3 Å². The molecule has 1 aromatic carbocycles. The highest BCUT2D eigenvalue weighted by Gasteiger charge is 2.18. The third kappa shape index (κ3) is 2.95. The molecule has 0 radical (unpaired) electrons. The van der Waals surface area contributed by atoms with Crippen LogP contribution in [0.2, 0.25) is 10.0 Å². The minimum atomic E-state index is -3.61. The van der Waals surface area contributed by atoms with E-state index in [1.165, 1.54) is 24.3 Å². The molecule has 0 spiro atoms. The molecule has 0 aliphatic heterocycles. The summed E-state index contributed by atoms with van der Waals surface area (Å²) in [4.78, 5) is -0.0292. The predicted octanol–water partition coefficient (Wildman–Crippen LogP) is 2.46. The second kappa shape index (κ2) is 4.99. The van der Waals surface area contributed by atoms with Crippen LogP contribution < -0.4 is 4.72 Å². The highest BCUT2D eigenvalue weighted by atomic mass is 35.5.